The summed E-state index contributed by atoms with van der Waals surface area (Å²) in [4.78, 5) is 14.2. The highest BCUT2D eigenvalue weighted by atomic mass is 79.9. The Morgan fingerprint density at radius 1 is 1.25 bits per heavy atom. The lowest BCUT2D eigenvalue weighted by Crippen LogP contribution is -2.35. The summed E-state index contributed by atoms with van der Waals surface area (Å²) in [5.41, 5.74) is 8.11. The normalized spacial score (nSPS) is 14.2. The summed E-state index contributed by atoms with van der Waals surface area (Å²) in [5.74, 6) is 0.295. The van der Waals surface area contributed by atoms with Crippen molar-refractivity contribution < 1.29 is 4.79 Å². The van der Waals surface area contributed by atoms with Crippen molar-refractivity contribution in [3.63, 3.8) is 0 Å². The Labute approximate surface area is 129 Å². The fourth-order valence-electron chi connectivity index (χ4n) is 2.71. The van der Waals surface area contributed by atoms with Crippen molar-refractivity contribution in [2.45, 2.75) is 45.1 Å². The number of carbonyl (C=O) groups is 1. The van der Waals surface area contributed by atoms with Gasteiger partial charge in [0.1, 0.15) is 0 Å². The molecule has 1 aromatic carbocycles. The molecule has 0 atom stereocenters. The van der Waals surface area contributed by atoms with E-state index in [0.717, 1.165) is 51.7 Å². The zero-order chi connectivity index (χ0) is 14.4. The highest BCUT2D eigenvalue weighted by Gasteiger charge is 2.21. The van der Waals surface area contributed by atoms with Crippen LogP contribution in [0.5, 0.6) is 0 Å². The van der Waals surface area contributed by atoms with Gasteiger partial charge in [-0.15, -0.1) is 0 Å². The van der Waals surface area contributed by atoms with Gasteiger partial charge in [0, 0.05) is 24.0 Å². The maximum absolute atomic E-state index is 12.2. The molecule has 3 nitrogen and oxygen atoms in total. The second-order valence-corrected chi connectivity index (χ2v) is 6.25. The number of rotatable bonds is 6. The van der Waals surface area contributed by atoms with Crippen LogP contribution in [0.25, 0.3) is 0 Å². The monoisotopic (exact) mass is 338 g/mol. The van der Waals surface area contributed by atoms with E-state index in [-0.39, 0.29) is 0 Å². The van der Waals surface area contributed by atoms with Gasteiger partial charge in [-0.05, 0) is 43.0 Å². The summed E-state index contributed by atoms with van der Waals surface area (Å²) in [6.45, 7) is 2.36. The zero-order valence-electron chi connectivity index (χ0n) is 11.9. The molecule has 0 bridgehead atoms. The average Bonchev–Trinajstić information content (AvgIpc) is 2.47. The SMILES string of the molecule is NCCCCCCC(=O)N1CCc2c(Br)cccc2C1. The van der Waals surface area contributed by atoms with Crippen LogP contribution >= 0.6 is 15.9 Å². The van der Waals surface area contributed by atoms with Crippen LogP contribution in [0.2, 0.25) is 0 Å². The molecule has 1 aliphatic heterocycles. The van der Waals surface area contributed by atoms with Crippen molar-refractivity contribution in [3.05, 3.63) is 33.8 Å². The molecular weight excluding hydrogens is 316 g/mol. The second-order valence-electron chi connectivity index (χ2n) is 5.40. The number of hydrogen-bond acceptors (Lipinski definition) is 2. The molecule has 20 heavy (non-hydrogen) atoms. The van der Waals surface area contributed by atoms with Crippen molar-refractivity contribution in [3.8, 4) is 0 Å². The van der Waals surface area contributed by atoms with E-state index < -0.39 is 0 Å². The third-order valence-electron chi connectivity index (χ3n) is 3.91. The van der Waals surface area contributed by atoms with Crippen molar-refractivity contribution in [1.82, 2.24) is 4.90 Å². The van der Waals surface area contributed by atoms with E-state index in [1.54, 1.807) is 0 Å². The first-order valence-corrected chi connectivity index (χ1v) is 8.26. The molecule has 1 amide bonds. The lowest BCUT2D eigenvalue weighted by molar-refractivity contribution is -0.132. The molecular formula is C16H23BrN2O. The molecule has 0 radical (unpaired) electrons. The number of benzene rings is 1. The predicted octanol–water partition coefficient (Wildman–Crippen LogP) is 3.24. The van der Waals surface area contributed by atoms with Gasteiger partial charge in [0.2, 0.25) is 5.91 Å². The molecule has 0 fully saturated rings. The van der Waals surface area contributed by atoms with Crippen molar-refractivity contribution >= 4 is 21.8 Å². The Kier molecular flexibility index (Phi) is 6.05. The summed E-state index contributed by atoms with van der Waals surface area (Å²) in [6, 6.07) is 6.25. The number of unbranched alkanes of at least 4 members (excludes halogenated alkanes) is 3. The van der Waals surface area contributed by atoms with Crippen molar-refractivity contribution in [2.75, 3.05) is 13.1 Å². The molecule has 1 heterocycles. The molecule has 0 saturated carbocycles. The Morgan fingerprint density at radius 2 is 2.05 bits per heavy atom. The second kappa shape index (κ2) is 7.79. The van der Waals surface area contributed by atoms with Crippen molar-refractivity contribution in [2.24, 2.45) is 5.73 Å². The Balaban J connectivity index is 1.81. The van der Waals surface area contributed by atoms with E-state index in [1.165, 1.54) is 15.6 Å². The van der Waals surface area contributed by atoms with Crippen LogP contribution in [-0.4, -0.2) is 23.9 Å². The summed E-state index contributed by atoms with van der Waals surface area (Å²) < 4.78 is 1.17. The summed E-state index contributed by atoms with van der Waals surface area (Å²) >= 11 is 3.59. The van der Waals surface area contributed by atoms with E-state index in [0.29, 0.717) is 12.3 Å². The third kappa shape index (κ3) is 4.06. The smallest absolute Gasteiger partial charge is 0.222 e. The number of fused-ring (bicyclic) bond motifs is 1. The largest absolute Gasteiger partial charge is 0.338 e. The molecule has 110 valence electrons. The van der Waals surface area contributed by atoms with Crippen molar-refractivity contribution in [1.29, 1.82) is 0 Å². The first kappa shape index (κ1) is 15.5. The number of nitrogens with two attached hydrogens (primary N) is 1. The van der Waals surface area contributed by atoms with Gasteiger partial charge in [0.05, 0.1) is 0 Å². The lowest BCUT2D eigenvalue weighted by Gasteiger charge is -2.29. The zero-order valence-corrected chi connectivity index (χ0v) is 13.5. The first-order chi connectivity index (χ1) is 9.72. The van der Waals surface area contributed by atoms with Crippen LogP contribution in [0, 0.1) is 0 Å². The van der Waals surface area contributed by atoms with Gasteiger partial charge in [0.15, 0.2) is 0 Å². The van der Waals surface area contributed by atoms with E-state index in [1.807, 2.05) is 11.0 Å². The lowest BCUT2D eigenvalue weighted by atomic mass is 9.99. The minimum absolute atomic E-state index is 0.295. The quantitative estimate of drug-likeness (QED) is 0.809. The Bertz CT molecular complexity index is 462. The number of carbonyl (C=O) groups excluding carboxylic acids is 1. The molecule has 0 spiro atoms. The third-order valence-corrected chi connectivity index (χ3v) is 4.65. The van der Waals surface area contributed by atoms with Crippen LogP contribution in [0.4, 0.5) is 0 Å². The fraction of sp³-hybridized carbons (Fsp3) is 0.562. The summed E-state index contributed by atoms with van der Waals surface area (Å²) in [5, 5.41) is 0. The standard InChI is InChI=1S/C16H23BrN2O/c17-15-7-5-6-13-12-19(11-9-14(13)15)16(20)8-3-1-2-4-10-18/h5-7H,1-4,8-12,18H2. The topological polar surface area (TPSA) is 46.3 Å². The van der Waals surface area contributed by atoms with Crippen LogP contribution in [0.15, 0.2) is 22.7 Å². The average molecular weight is 339 g/mol. The van der Waals surface area contributed by atoms with Crippen LogP contribution < -0.4 is 5.73 Å². The van der Waals surface area contributed by atoms with E-state index >= 15 is 0 Å². The Morgan fingerprint density at radius 3 is 2.85 bits per heavy atom. The number of halogens is 1. The van der Waals surface area contributed by atoms with Crippen LogP contribution in [0.1, 0.15) is 43.2 Å². The maximum atomic E-state index is 12.2. The maximum Gasteiger partial charge on any atom is 0.222 e. The van der Waals surface area contributed by atoms with Crippen LogP contribution in [-0.2, 0) is 17.8 Å². The van der Waals surface area contributed by atoms with Gasteiger partial charge in [-0.1, -0.05) is 40.9 Å². The van der Waals surface area contributed by atoms with E-state index in [9.17, 15) is 4.79 Å². The molecule has 2 rings (SSSR count). The molecule has 0 saturated heterocycles. The van der Waals surface area contributed by atoms with Crippen LogP contribution in [0.3, 0.4) is 0 Å². The van der Waals surface area contributed by atoms with Gasteiger partial charge < -0.3 is 10.6 Å². The Hall–Kier alpha value is -0.870. The highest BCUT2D eigenvalue weighted by molar-refractivity contribution is 9.10. The number of nitrogens with zero attached hydrogens (tertiary/aromatic N) is 1. The minimum Gasteiger partial charge on any atom is -0.338 e. The first-order valence-electron chi connectivity index (χ1n) is 7.46. The number of amides is 1. The van der Waals surface area contributed by atoms with Gasteiger partial charge >= 0.3 is 0 Å². The molecule has 0 aromatic heterocycles. The predicted molar refractivity (Wildman–Crippen MR) is 85.4 cm³/mol. The van der Waals surface area contributed by atoms with Gasteiger partial charge in [0.25, 0.3) is 0 Å². The van der Waals surface area contributed by atoms with E-state index in [4.69, 9.17) is 5.73 Å². The molecule has 0 aliphatic carbocycles. The molecule has 1 aliphatic rings. The molecule has 0 unspecified atom stereocenters. The summed E-state index contributed by atoms with van der Waals surface area (Å²) in [7, 11) is 0. The summed E-state index contributed by atoms with van der Waals surface area (Å²) in [6.07, 6.45) is 5.93. The van der Waals surface area contributed by atoms with Gasteiger partial charge in [-0.2, -0.15) is 0 Å². The molecule has 4 heteroatoms. The van der Waals surface area contributed by atoms with E-state index in [2.05, 4.69) is 28.1 Å². The molecule has 2 N–H and O–H groups in total. The minimum atomic E-state index is 0.295. The number of hydrogen-bond donors (Lipinski definition) is 1. The fourth-order valence-corrected chi connectivity index (χ4v) is 3.31. The highest BCUT2D eigenvalue weighted by Crippen LogP contribution is 2.26. The van der Waals surface area contributed by atoms with Gasteiger partial charge in [-0.25, -0.2) is 0 Å². The van der Waals surface area contributed by atoms with Gasteiger partial charge in [-0.3, -0.25) is 4.79 Å². The molecule has 1 aromatic rings.